The Kier molecular flexibility index (Phi) is 2.75. The molecule has 0 aliphatic carbocycles. The van der Waals surface area contributed by atoms with Gasteiger partial charge in [0.2, 0.25) is 5.91 Å². The van der Waals surface area contributed by atoms with Gasteiger partial charge in [0.25, 0.3) is 0 Å². The molecule has 1 unspecified atom stereocenters. The van der Waals surface area contributed by atoms with E-state index in [0.29, 0.717) is 17.6 Å². The minimum atomic E-state index is -0.0649. The summed E-state index contributed by atoms with van der Waals surface area (Å²) in [7, 11) is 0. The summed E-state index contributed by atoms with van der Waals surface area (Å²) < 4.78 is 0.690. The molecule has 1 aliphatic rings. The minimum Gasteiger partial charge on any atom is -0.326 e. The molecule has 5 heteroatoms. The third-order valence-corrected chi connectivity index (χ3v) is 3.01. The number of nitrogens with zero attached hydrogens (tertiary/aromatic N) is 2. The number of amides is 1. The molecule has 1 atom stereocenters. The number of pyridine rings is 1. The maximum atomic E-state index is 11.6. The molecule has 1 amide bonds. The van der Waals surface area contributed by atoms with E-state index in [0.717, 1.165) is 11.3 Å². The van der Waals surface area contributed by atoms with Crippen LogP contribution in [0.15, 0.2) is 16.9 Å². The molecule has 80 valence electrons. The smallest absolute Gasteiger partial charge is 0.228 e. The van der Waals surface area contributed by atoms with Gasteiger partial charge >= 0.3 is 0 Å². The predicted octanol–water partition coefficient (Wildman–Crippen LogP) is 1.22. The van der Waals surface area contributed by atoms with Crippen LogP contribution in [0.1, 0.15) is 12.0 Å². The van der Waals surface area contributed by atoms with E-state index in [-0.39, 0.29) is 11.9 Å². The zero-order valence-electron chi connectivity index (χ0n) is 8.40. The van der Waals surface area contributed by atoms with Gasteiger partial charge in [-0.3, -0.25) is 4.79 Å². The maximum Gasteiger partial charge on any atom is 0.228 e. The zero-order chi connectivity index (χ0) is 11.0. The second-order valence-corrected chi connectivity index (χ2v) is 4.54. The quantitative estimate of drug-likeness (QED) is 0.780. The van der Waals surface area contributed by atoms with Crippen LogP contribution in [0.5, 0.6) is 0 Å². The number of carbonyl (C=O) groups excluding carboxylic acids is 1. The van der Waals surface area contributed by atoms with Gasteiger partial charge in [0, 0.05) is 25.2 Å². The van der Waals surface area contributed by atoms with Crippen LogP contribution in [-0.2, 0) is 4.79 Å². The van der Waals surface area contributed by atoms with Crippen molar-refractivity contribution in [3.05, 3.63) is 22.4 Å². The summed E-state index contributed by atoms with van der Waals surface area (Å²) in [6.45, 7) is 2.52. The maximum absolute atomic E-state index is 11.6. The second kappa shape index (κ2) is 3.90. The third-order valence-electron chi connectivity index (χ3n) is 2.40. The molecule has 2 rings (SSSR count). The van der Waals surface area contributed by atoms with Crippen molar-refractivity contribution in [3.63, 3.8) is 0 Å². The van der Waals surface area contributed by atoms with Gasteiger partial charge in [-0.2, -0.15) is 0 Å². The molecule has 1 saturated heterocycles. The first-order valence-electron chi connectivity index (χ1n) is 4.76. The molecule has 0 radical (unpaired) electrons. The van der Waals surface area contributed by atoms with E-state index in [1.54, 1.807) is 11.1 Å². The van der Waals surface area contributed by atoms with Gasteiger partial charge in [0.1, 0.15) is 4.60 Å². The van der Waals surface area contributed by atoms with E-state index in [1.807, 2.05) is 13.0 Å². The lowest BCUT2D eigenvalue weighted by Crippen LogP contribution is -2.28. The lowest BCUT2D eigenvalue weighted by atomic mass is 10.3. The molecule has 15 heavy (non-hydrogen) atoms. The monoisotopic (exact) mass is 269 g/mol. The first-order valence-corrected chi connectivity index (χ1v) is 5.55. The summed E-state index contributed by atoms with van der Waals surface area (Å²) in [5.41, 5.74) is 7.58. The average Bonchev–Trinajstić information content (AvgIpc) is 2.50. The van der Waals surface area contributed by atoms with Crippen molar-refractivity contribution >= 4 is 27.5 Å². The van der Waals surface area contributed by atoms with Crippen molar-refractivity contribution in [1.29, 1.82) is 0 Å². The number of rotatable bonds is 1. The fourth-order valence-electron chi connectivity index (χ4n) is 1.69. The van der Waals surface area contributed by atoms with Crippen LogP contribution in [0, 0.1) is 6.92 Å². The molecule has 0 saturated carbocycles. The van der Waals surface area contributed by atoms with E-state index in [9.17, 15) is 4.79 Å². The SMILES string of the molecule is Cc1cnc(Br)c(N2CC(N)CC2=O)c1. The van der Waals surface area contributed by atoms with Gasteiger partial charge in [-0.15, -0.1) is 0 Å². The van der Waals surface area contributed by atoms with Crippen LogP contribution in [-0.4, -0.2) is 23.5 Å². The Bertz CT molecular complexity index is 408. The van der Waals surface area contributed by atoms with Crippen molar-refractivity contribution in [1.82, 2.24) is 4.98 Å². The Balaban J connectivity index is 2.37. The van der Waals surface area contributed by atoms with Crippen LogP contribution >= 0.6 is 15.9 Å². The molecule has 0 aromatic carbocycles. The normalized spacial score (nSPS) is 21.1. The molecule has 1 fully saturated rings. The van der Waals surface area contributed by atoms with Crippen LogP contribution < -0.4 is 10.6 Å². The Morgan fingerprint density at radius 2 is 2.40 bits per heavy atom. The molecule has 1 aliphatic heterocycles. The fraction of sp³-hybridized carbons (Fsp3) is 0.400. The molecule has 1 aromatic rings. The lowest BCUT2D eigenvalue weighted by Gasteiger charge is -2.17. The Labute approximate surface area is 96.6 Å². The Hall–Kier alpha value is -0.940. The molecular weight excluding hydrogens is 258 g/mol. The topological polar surface area (TPSA) is 59.2 Å². The Morgan fingerprint density at radius 3 is 3.00 bits per heavy atom. The van der Waals surface area contributed by atoms with Gasteiger partial charge in [0.05, 0.1) is 5.69 Å². The van der Waals surface area contributed by atoms with Gasteiger partial charge in [0.15, 0.2) is 0 Å². The largest absolute Gasteiger partial charge is 0.326 e. The van der Waals surface area contributed by atoms with E-state index < -0.39 is 0 Å². The van der Waals surface area contributed by atoms with Crippen molar-refractivity contribution in [3.8, 4) is 0 Å². The van der Waals surface area contributed by atoms with Crippen molar-refractivity contribution in [2.24, 2.45) is 5.73 Å². The molecule has 1 aromatic heterocycles. The van der Waals surface area contributed by atoms with E-state index in [1.165, 1.54) is 0 Å². The first kappa shape index (κ1) is 10.6. The molecule has 0 spiro atoms. The van der Waals surface area contributed by atoms with Crippen LogP contribution in [0.3, 0.4) is 0 Å². The van der Waals surface area contributed by atoms with Gasteiger partial charge < -0.3 is 10.6 Å². The summed E-state index contributed by atoms with van der Waals surface area (Å²) in [6.07, 6.45) is 2.18. The van der Waals surface area contributed by atoms with E-state index in [2.05, 4.69) is 20.9 Å². The van der Waals surface area contributed by atoms with Crippen LogP contribution in [0.2, 0.25) is 0 Å². The van der Waals surface area contributed by atoms with Gasteiger partial charge in [-0.1, -0.05) is 0 Å². The van der Waals surface area contributed by atoms with E-state index >= 15 is 0 Å². The number of hydrogen-bond donors (Lipinski definition) is 1. The highest BCUT2D eigenvalue weighted by Gasteiger charge is 2.29. The average molecular weight is 270 g/mol. The number of aryl methyl sites for hydroxylation is 1. The minimum absolute atomic E-state index is 0.0649. The fourth-order valence-corrected chi connectivity index (χ4v) is 2.13. The van der Waals surface area contributed by atoms with Crippen LogP contribution in [0.25, 0.3) is 0 Å². The highest BCUT2D eigenvalue weighted by Crippen LogP contribution is 2.28. The zero-order valence-corrected chi connectivity index (χ0v) is 9.99. The van der Waals surface area contributed by atoms with E-state index in [4.69, 9.17) is 5.73 Å². The molecule has 4 nitrogen and oxygen atoms in total. The number of halogens is 1. The highest BCUT2D eigenvalue weighted by atomic mass is 79.9. The summed E-state index contributed by atoms with van der Waals surface area (Å²) in [4.78, 5) is 17.5. The second-order valence-electron chi connectivity index (χ2n) is 3.79. The van der Waals surface area contributed by atoms with Gasteiger partial charge in [-0.05, 0) is 34.5 Å². The van der Waals surface area contributed by atoms with Crippen molar-refractivity contribution in [2.45, 2.75) is 19.4 Å². The Morgan fingerprint density at radius 1 is 1.67 bits per heavy atom. The summed E-state index contributed by atoms with van der Waals surface area (Å²) >= 11 is 3.34. The number of hydrogen-bond acceptors (Lipinski definition) is 3. The first-order chi connectivity index (χ1) is 7.08. The summed E-state index contributed by atoms with van der Waals surface area (Å²) in [6, 6.07) is 1.87. The number of nitrogens with two attached hydrogens (primary N) is 1. The number of anilines is 1. The molecule has 2 N–H and O–H groups in total. The highest BCUT2D eigenvalue weighted by molar-refractivity contribution is 9.10. The summed E-state index contributed by atoms with van der Waals surface area (Å²) in [5, 5.41) is 0. The molecule has 2 heterocycles. The standard InChI is InChI=1S/C10H12BrN3O/c1-6-2-8(10(11)13-4-6)14-5-7(12)3-9(14)15/h2,4,7H,3,5,12H2,1H3. The number of aromatic nitrogens is 1. The predicted molar refractivity (Wildman–Crippen MR) is 61.6 cm³/mol. The van der Waals surface area contributed by atoms with Crippen molar-refractivity contribution < 1.29 is 4.79 Å². The third kappa shape index (κ3) is 2.03. The lowest BCUT2D eigenvalue weighted by molar-refractivity contribution is -0.117. The summed E-state index contributed by atoms with van der Waals surface area (Å²) in [5.74, 6) is 0.0654. The van der Waals surface area contributed by atoms with Crippen molar-refractivity contribution in [2.75, 3.05) is 11.4 Å². The molecule has 0 bridgehead atoms. The number of carbonyl (C=O) groups is 1. The van der Waals surface area contributed by atoms with Gasteiger partial charge in [-0.25, -0.2) is 4.98 Å². The molecular formula is C10H12BrN3O. The van der Waals surface area contributed by atoms with Crippen LogP contribution in [0.4, 0.5) is 5.69 Å².